The van der Waals surface area contributed by atoms with Crippen LogP contribution in [0.3, 0.4) is 0 Å². The second-order valence-corrected chi connectivity index (χ2v) is 6.36. The van der Waals surface area contributed by atoms with Crippen LogP contribution >= 0.6 is 23.2 Å². The number of benzene rings is 3. The van der Waals surface area contributed by atoms with Crippen LogP contribution in [0.15, 0.2) is 54.6 Å². The van der Waals surface area contributed by atoms with Gasteiger partial charge in [-0.1, -0.05) is 41.4 Å². The number of aromatic carboxylic acids is 1. The van der Waals surface area contributed by atoms with Crippen LogP contribution in [0.1, 0.15) is 20.7 Å². The van der Waals surface area contributed by atoms with Crippen LogP contribution in [-0.4, -0.2) is 24.0 Å². The second-order valence-electron chi connectivity index (χ2n) is 5.52. The first-order valence-electron chi connectivity index (χ1n) is 7.37. The normalized spacial score (nSPS) is 10.7. The van der Waals surface area contributed by atoms with E-state index in [-0.39, 0.29) is 11.5 Å². The Morgan fingerprint density at radius 1 is 0.960 bits per heavy atom. The molecule has 0 heterocycles. The number of carbonyl (C=O) groups is 2. The van der Waals surface area contributed by atoms with Gasteiger partial charge in [0.15, 0.2) is 0 Å². The third kappa shape index (κ3) is 3.31. The number of rotatable bonds is 3. The minimum Gasteiger partial charge on any atom is -0.478 e. The van der Waals surface area contributed by atoms with Crippen LogP contribution in [-0.2, 0) is 0 Å². The number of amides is 1. The molecule has 0 saturated heterocycles. The zero-order valence-electron chi connectivity index (χ0n) is 13.2. The first-order valence-corrected chi connectivity index (χ1v) is 8.13. The molecule has 6 heteroatoms. The molecule has 0 saturated carbocycles. The molecule has 1 amide bonds. The number of carboxylic acid groups (broad SMARTS) is 1. The molecular formula is C19H13Cl2NO3. The molecule has 0 bridgehead atoms. The van der Waals surface area contributed by atoms with Crippen LogP contribution < -0.4 is 4.90 Å². The quantitative estimate of drug-likeness (QED) is 0.692. The highest BCUT2D eigenvalue weighted by Gasteiger charge is 2.20. The van der Waals surface area contributed by atoms with Gasteiger partial charge in [0.1, 0.15) is 0 Å². The summed E-state index contributed by atoms with van der Waals surface area (Å²) in [5.41, 5.74) is 0.947. The fourth-order valence-electron chi connectivity index (χ4n) is 2.68. The van der Waals surface area contributed by atoms with Crippen molar-refractivity contribution in [3.8, 4) is 0 Å². The van der Waals surface area contributed by atoms with Crippen molar-refractivity contribution in [2.24, 2.45) is 0 Å². The molecular weight excluding hydrogens is 361 g/mol. The lowest BCUT2D eigenvalue weighted by Crippen LogP contribution is -2.26. The van der Waals surface area contributed by atoms with Gasteiger partial charge >= 0.3 is 5.97 Å². The van der Waals surface area contributed by atoms with Gasteiger partial charge in [-0.3, -0.25) is 4.79 Å². The monoisotopic (exact) mass is 373 g/mol. The molecule has 126 valence electrons. The third-order valence-corrected chi connectivity index (χ3v) is 4.39. The van der Waals surface area contributed by atoms with E-state index in [1.807, 2.05) is 6.07 Å². The topological polar surface area (TPSA) is 57.6 Å². The van der Waals surface area contributed by atoms with Crippen molar-refractivity contribution in [3.63, 3.8) is 0 Å². The molecule has 0 atom stereocenters. The molecule has 1 N–H and O–H groups in total. The lowest BCUT2D eigenvalue weighted by atomic mass is 10.0. The van der Waals surface area contributed by atoms with E-state index in [1.54, 1.807) is 43.4 Å². The van der Waals surface area contributed by atoms with E-state index in [2.05, 4.69) is 0 Å². The Balaban J connectivity index is 2.23. The fraction of sp³-hybridized carbons (Fsp3) is 0.0526. The number of carbonyl (C=O) groups excluding carboxylic acids is 1. The first-order chi connectivity index (χ1) is 11.9. The van der Waals surface area contributed by atoms with Crippen LogP contribution in [0.4, 0.5) is 5.69 Å². The Morgan fingerprint density at radius 3 is 2.28 bits per heavy atom. The first kappa shape index (κ1) is 17.3. The Hall–Kier alpha value is -2.56. The van der Waals surface area contributed by atoms with Crippen molar-refractivity contribution in [1.82, 2.24) is 0 Å². The molecule has 0 fully saturated rings. The van der Waals surface area contributed by atoms with Crippen LogP contribution in [0.2, 0.25) is 10.0 Å². The van der Waals surface area contributed by atoms with Gasteiger partial charge < -0.3 is 10.0 Å². The largest absolute Gasteiger partial charge is 0.478 e. The maximum atomic E-state index is 12.8. The SMILES string of the molecule is CN(C(=O)c1ccccc1)c1cc(C(=O)O)cc2cc(Cl)cc(Cl)c12. The number of hydrogen-bond acceptors (Lipinski definition) is 2. The van der Waals surface area contributed by atoms with Gasteiger partial charge in [0.25, 0.3) is 5.91 Å². The summed E-state index contributed by atoms with van der Waals surface area (Å²) >= 11 is 12.4. The van der Waals surface area contributed by atoms with Crippen LogP contribution in [0.5, 0.6) is 0 Å². The molecule has 25 heavy (non-hydrogen) atoms. The van der Waals surface area contributed by atoms with Crippen molar-refractivity contribution in [3.05, 3.63) is 75.8 Å². The van der Waals surface area contributed by atoms with Crippen molar-refractivity contribution in [2.45, 2.75) is 0 Å². The minimum absolute atomic E-state index is 0.0496. The van der Waals surface area contributed by atoms with Crippen molar-refractivity contribution in [1.29, 1.82) is 0 Å². The standard InChI is InChI=1S/C19H13Cl2NO3/c1-22(18(23)11-5-3-2-4-6-11)16-9-13(19(24)25)7-12-8-14(20)10-15(21)17(12)16/h2-10H,1H3,(H,24,25). The molecule has 0 aromatic heterocycles. The summed E-state index contributed by atoms with van der Waals surface area (Å²) in [6.07, 6.45) is 0. The third-order valence-electron chi connectivity index (χ3n) is 3.88. The molecule has 3 rings (SSSR count). The van der Waals surface area contributed by atoms with Crippen molar-refractivity contribution < 1.29 is 14.7 Å². The zero-order chi connectivity index (χ0) is 18.1. The minimum atomic E-state index is -1.10. The van der Waals surface area contributed by atoms with Gasteiger partial charge in [-0.05, 0) is 41.8 Å². The van der Waals surface area contributed by atoms with E-state index in [1.165, 1.54) is 17.0 Å². The summed E-state index contributed by atoms with van der Waals surface area (Å²) in [5.74, 6) is -1.37. The van der Waals surface area contributed by atoms with E-state index >= 15 is 0 Å². The van der Waals surface area contributed by atoms with Crippen molar-refractivity contribution in [2.75, 3.05) is 11.9 Å². The summed E-state index contributed by atoms with van der Waals surface area (Å²) < 4.78 is 0. The maximum Gasteiger partial charge on any atom is 0.335 e. The van der Waals surface area contributed by atoms with Crippen LogP contribution in [0.25, 0.3) is 10.8 Å². The average Bonchev–Trinajstić information content (AvgIpc) is 2.59. The average molecular weight is 374 g/mol. The predicted octanol–water partition coefficient (Wildman–Crippen LogP) is 5.12. The zero-order valence-corrected chi connectivity index (χ0v) is 14.7. The van der Waals surface area contributed by atoms with E-state index < -0.39 is 5.97 Å². The number of halogens is 2. The van der Waals surface area contributed by atoms with Gasteiger partial charge in [0.2, 0.25) is 0 Å². The molecule has 0 aliphatic rings. The number of anilines is 1. The Bertz CT molecular complexity index is 987. The lowest BCUT2D eigenvalue weighted by molar-refractivity contribution is 0.0696. The van der Waals surface area contributed by atoms with Gasteiger partial charge in [-0.2, -0.15) is 0 Å². The second kappa shape index (κ2) is 6.75. The van der Waals surface area contributed by atoms with E-state index in [9.17, 15) is 14.7 Å². The molecule has 3 aromatic rings. The van der Waals surface area contributed by atoms with Crippen molar-refractivity contribution >= 4 is 51.5 Å². The molecule has 0 spiro atoms. The highest BCUT2D eigenvalue weighted by molar-refractivity contribution is 6.40. The maximum absolute atomic E-state index is 12.8. The molecule has 3 aromatic carbocycles. The van der Waals surface area contributed by atoms with E-state index in [4.69, 9.17) is 23.2 Å². The summed E-state index contributed by atoms with van der Waals surface area (Å²) in [6.45, 7) is 0. The fourth-order valence-corrected chi connectivity index (χ4v) is 3.28. The highest BCUT2D eigenvalue weighted by atomic mass is 35.5. The number of fused-ring (bicyclic) bond motifs is 1. The highest BCUT2D eigenvalue weighted by Crippen LogP contribution is 2.36. The Kier molecular flexibility index (Phi) is 4.66. The number of hydrogen-bond donors (Lipinski definition) is 1. The van der Waals surface area contributed by atoms with Gasteiger partial charge in [0.05, 0.1) is 16.3 Å². The van der Waals surface area contributed by atoms with E-state index in [0.717, 1.165) is 0 Å². The molecule has 0 radical (unpaired) electrons. The van der Waals surface area contributed by atoms with Crippen LogP contribution in [0, 0.1) is 0 Å². The Morgan fingerprint density at radius 2 is 1.64 bits per heavy atom. The molecule has 4 nitrogen and oxygen atoms in total. The number of nitrogens with zero attached hydrogens (tertiary/aromatic N) is 1. The summed E-state index contributed by atoms with van der Waals surface area (Å²) in [7, 11) is 1.58. The number of carboxylic acids is 1. The van der Waals surface area contributed by atoms with E-state index in [0.29, 0.717) is 32.1 Å². The molecule has 0 aliphatic heterocycles. The lowest BCUT2D eigenvalue weighted by Gasteiger charge is -2.21. The predicted molar refractivity (Wildman–Crippen MR) is 100 cm³/mol. The summed E-state index contributed by atoms with van der Waals surface area (Å²) in [6, 6.07) is 14.8. The molecule has 0 aliphatic carbocycles. The summed E-state index contributed by atoms with van der Waals surface area (Å²) in [4.78, 5) is 25.6. The van der Waals surface area contributed by atoms with Gasteiger partial charge in [-0.25, -0.2) is 4.79 Å². The van der Waals surface area contributed by atoms with Gasteiger partial charge in [0, 0.05) is 23.0 Å². The van der Waals surface area contributed by atoms with Gasteiger partial charge in [-0.15, -0.1) is 0 Å². The molecule has 0 unspecified atom stereocenters. The smallest absolute Gasteiger partial charge is 0.335 e. The Labute approximate surface area is 154 Å². The summed E-state index contributed by atoms with van der Waals surface area (Å²) in [5, 5.41) is 11.2.